The van der Waals surface area contributed by atoms with Crippen LogP contribution in [0.4, 0.5) is 0 Å². The van der Waals surface area contributed by atoms with Gasteiger partial charge in [0.2, 0.25) is 5.43 Å². The molecule has 3 rings (SSSR count). The van der Waals surface area contributed by atoms with Crippen molar-refractivity contribution in [3.63, 3.8) is 0 Å². The van der Waals surface area contributed by atoms with Gasteiger partial charge in [0, 0.05) is 26.8 Å². The predicted molar refractivity (Wildman–Crippen MR) is 84.9 cm³/mol. The molecular weight excluding hydrogens is 280 g/mol. The molecule has 1 saturated carbocycles. The van der Waals surface area contributed by atoms with Gasteiger partial charge in [0.25, 0.3) is 5.91 Å². The molecule has 0 aliphatic heterocycles. The molecule has 1 fully saturated rings. The lowest BCUT2D eigenvalue weighted by Gasteiger charge is -2.23. The normalized spacial score (nSPS) is 17.0. The maximum Gasteiger partial charge on any atom is 0.256 e. The van der Waals surface area contributed by atoms with Crippen molar-refractivity contribution in [3.8, 4) is 0 Å². The summed E-state index contributed by atoms with van der Waals surface area (Å²) in [5.74, 6) is -0.292. The van der Waals surface area contributed by atoms with Crippen LogP contribution in [0, 0.1) is 5.41 Å². The third-order valence-corrected chi connectivity index (χ3v) is 4.78. The molecule has 0 saturated heterocycles. The van der Waals surface area contributed by atoms with Crippen LogP contribution in [0.15, 0.2) is 17.2 Å². The number of hydrogen-bond acceptors (Lipinski definition) is 3. The lowest BCUT2D eigenvalue weighted by atomic mass is 9.89. The van der Waals surface area contributed by atoms with Crippen molar-refractivity contribution in [2.45, 2.75) is 32.6 Å². The molecule has 2 heterocycles. The smallest absolute Gasteiger partial charge is 0.256 e. The quantitative estimate of drug-likeness (QED) is 0.936. The van der Waals surface area contributed by atoms with Crippen LogP contribution in [0.5, 0.6) is 0 Å². The highest BCUT2D eigenvalue weighted by Gasteiger charge is 2.29. The molecule has 2 aromatic heterocycles. The number of hydrogen-bond donors (Lipinski definition) is 1. The van der Waals surface area contributed by atoms with Gasteiger partial charge in [0.15, 0.2) is 0 Å². The minimum atomic E-state index is -0.292. The van der Waals surface area contributed by atoms with E-state index in [0.717, 1.165) is 12.8 Å². The lowest BCUT2D eigenvalue weighted by molar-refractivity contribution is 0.0932. The summed E-state index contributed by atoms with van der Waals surface area (Å²) >= 11 is 0. The van der Waals surface area contributed by atoms with Crippen LogP contribution in [0.2, 0.25) is 0 Å². The first-order valence-corrected chi connectivity index (χ1v) is 7.71. The van der Waals surface area contributed by atoms with E-state index in [1.54, 1.807) is 22.5 Å². The molecule has 6 nitrogen and oxygen atoms in total. The summed E-state index contributed by atoms with van der Waals surface area (Å²) in [5.41, 5.74) is 0.809. The number of carbonyl (C=O) groups excluding carboxylic acids is 1. The maximum absolute atomic E-state index is 12.5. The Morgan fingerprint density at radius 3 is 2.73 bits per heavy atom. The highest BCUT2D eigenvalue weighted by Crippen LogP contribution is 2.36. The number of amides is 1. The Morgan fingerprint density at radius 2 is 2.05 bits per heavy atom. The zero-order chi connectivity index (χ0) is 15.9. The number of carbonyl (C=O) groups is 1. The van der Waals surface area contributed by atoms with E-state index >= 15 is 0 Å². The van der Waals surface area contributed by atoms with E-state index < -0.39 is 0 Å². The van der Waals surface area contributed by atoms with Crippen molar-refractivity contribution in [3.05, 3.63) is 28.2 Å². The molecule has 0 radical (unpaired) electrons. The number of nitrogens with one attached hydrogen (secondary N) is 1. The molecule has 1 aliphatic carbocycles. The largest absolute Gasteiger partial charge is 0.351 e. The molecule has 0 spiro atoms. The first-order chi connectivity index (χ1) is 10.4. The van der Waals surface area contributed by atoms with Gasteiger partial charge in [-0.2, -0.15) is 5.10 Å². The van der Waals surface area contributed by atoms with Crippen LogP contribution in [0.25, 0.3) is 11.0 Å². The minimum Gasteiger partial charge on any atom is -0.351 e. The Morgan fingerprint density at radius 1 is 1.36 bits per heavy atom. The van der Waals surface area contributed by atoms with Crippen LogP contribution in [-0.4, -0.2) is 26.8 Å². The highest BCUT2D eigenvalue weighted by molar-refractivity contribution is 5.96. The second kappa shape index (κ2) is 5.26. The van der Waals surface area contributed by atoms with Crippen molar-refractivity contribution in [1.29, 1.82) is 0 Å². The van der Waals surface area contributed by atoms with Crippen LogP contribution < -0.4 is 10.7 Å². The van der Waals surface area contributed by atoms with Crippen molar-refractivity contribution >= 4 is 16.9 Å². The van der Waals surface area contributed by atoms with E-state index in [-0.39, 0.29) is 22.3 Å². The summed E-state index contributed by atoms with van der Waals surface area (Å²) in [5, 5.41) is 7.52. The van der Waals surface area contributed by atoms with Gasteiger partial charge in [0.1, 0.15) is 11.2 Å². The summed E-state index contributed by atoms with van der Waals surface area (Å²) in [6.07, 6.45) is 7.82. The topological polar surface area (TPSA) is 68.9 Å². The van der Waals surface area contributed by atoms with Gasteiger partial charge in [-0.1, -0.05) is 19.8 Å². The van der Waals surface area contributed by atoms with E-state index in [0.29, 0.717) is 17.6 Å². The van der Waals surface area contributed by atoms with E-state index in [4.69, 9.17) is 0 Å². The predicted octanol–water partition coefficient (Wildman–Crippen LogP) is 1.58. The SMILES string of the molecule is Cn1cc(C(=O)NCC2(C)CCCC2)c(=O)c2cnn(C)c21. The summed E-state index contributed by atoms with van der Waals surface area (Å²) in [7, 11) is 3.60. The average Bonchev–Trinajstić information content (AvgIpc) is 3.08. The molecule has 1 N–H and O–H groups in total. The number of fused-ring (bicyclic) bond motifs is 1. The minimum absolute atomic E-state index is 0.166. The molecule has 1 aliphatic rings. The van der Waals surface area contributed by atoms with Crippen LogP contribution in [0.1, 0.15) is 43.0 Å². The monoisotopic (exact) mass is 302 g/mol. The number of aromatic nitrogens is 3. The van der Waals surface area contributed by atoms with Crippen LogP contribution in [-0.2, 0) is 14.1 Å². The Kier molecular flexibility index (Phi) is 3.54. The second-order valence-electron chi connectivity index (χ2n) is 6.69. The first-order valence-electron chi connectivity index (χ1n) is 7.71. The summed E-state index contributed by atoms with van der Waals surface area (Å²) < 4.78 is 3.41. The number of rotatable bonds is 3. The van der Waals surface area contributed by atoms with Crippen molar-refractivity contribution in [1.82, 2.24) is 19.7 Å². The van der Waals surface area contributed by atoms with E-state index in [1.165, 1.54) is 19.0 Å². The fraction of sp³-hybridized carbons (Fsp3) is 0.562. The maximum atomic E-state index is 12.5. The fourth-order valence-electron chi connectivity index (χ4n) is 3.42. The van der Waals surface area contributed by atoms with Crippen LogP contribution in [0.3, 0.4) is 0 Å². The molecule has 0 atom stereocenters. The van der Waals surface area contributed by atoms with Gasteiger partial charge in [-0.3, -0.25) is 14.3 Å². The lowest BCUT2D eigenvalue weighted by Crippen LogP contribution is -2.36. The van der Waals surface area contributed by atoms with E-state index in [1.807, 2.05) is 7.05 Å². The molecule has 0 unspecified atom stereocenters. The van der Waals surface area contributed by atoms with Gasteiger partial charge in [0.05, 0.1) is 11.6 Å². The molecular formula is C16H22N4O2. The Labute approximate surface area is 129 Å². The number of aryl methyl sites for hydroxylation is 2. The molecule has 0 aromatic carbocycles. The van der Waals surface area contributed by atoms with Gasteiger partial charge in [-0.05, 0) is 18.3 Å². The summed E-state index contributed by atoms with van der Waals surface area (Å²) in [6, 6.07) is 0. The third kappa shape index (κ3) is 2.42. The third-order valence-electron chi connectivity index (χ3n) is 4.78. The van der Waals surface area contributed by atoms with Gasteiger partial charge < -0.3 is 9.88 Å². The van der Waals surface area contributed by atoms with Crippen molar-refractivity contribution in [2.24, 2.45) is 19.5 Å². The first kappa shape index (κ1) is 14.8. The fourth-order valence-corrected chi connectivity index (χ4v) is 3.42. The number of nitrogens with zero attached hydrogens (tertiary/aromatic N) is 3. The zero-order valence-corrected chi connectivity index (χ0v) is 13.3. The highest BCUT2D eigenvalue weighted by atomic mass is 16.2. The van der Waals surface area contributed by atoms with E-state index in [9.17, 15) is 9.59 Å². The molecule has 1 amide bonds. The van der Waals surface area contributed by atoms with Crippen LogP contribution >= 0.6 is 0 Å². The molecule has 118 valence electrons. The Balaban J connectivity index is 1.88. The molecule has 6 heteroatoms. The van der Waals surface area contributed by atoms with Crippen molar-refractivity contribution < 1.29 is 4.79 Å². The zero-order valence-electron chi connectivity index (χ0n) is 13.3. The van der Waals surface area contributed by atoms with Gasteiger partial charge in [-0.15, -0.1) is 0 Å². The summed E-state index contributed by atoms with van der Waals surface area (Å²) in [6.45, 7) is 2.82. The Bertz CT molecular complexity index is 781. The standard InChI is InChI=1S/C16H22N4O2/c1-16(6-4-5-7-16)10-17-14(22)12-9-19(2)15-11(13(12)21)8-18-20(15)3/h8-9H,4-7,10H2,1-3H3,(H,17,22). The Hall–Kier alpha value is -2.11. The molecule has 22 heavy (non-hydrogen) atoms. The van der Waals surface area contributed by atoms with Gasteiger partial charge in [-0.25, -0.2) is 0 Å². The average molecular weight is 302 g/mol. The number of pyridine rings is 1. The second-order valence-corrected chi connectivity index (χ2v) is 6.69. The summed E-state index contributed by atoms with van der Waals surface area (Å²) in [4.78, 5) is 24.9. The molecule has 2 aromatic rings. The van der Waals surface area contributed by atoms with Gasteiger partial charge >= 0.3 is 0 Å². The molecule has 0 bridgehead atoms. The van der Waals surface area contributed by atoms with Crippen molar-refractivity contribution in [2.75, 3.05) is 6.54 Å². The van der Waals surface area contributed by atoms with E-state index in [2.05, 4.69) is 17.3 Å².